The van der Waals surface area contributed by atoms with Crippen molar-refractivity contribution < 1.29 is 42.9 Å². The van der Waals surface area contributed by atoms with Crippen molar-refractivity contribution in [3.8, 4) is 0 Å². The lowest BCUT2D eigenvalue weighted by molar-refractivity contribution is -0.870. The molecule has 0 radical (unpaired) electrons. The van der Waals surface area contributed by atoms with Crippen molar-refractivity contribution in [3.63, 3.8) is 0 Å². The first-order valence-corrected chi connectivity index (χ1v) is 49.2. The van der Waals surface area contributed by atoms with Crippen LogP contribution in [-0.4, -0.2) is 87.4 Å². The van der Waals surface area contributed by atoms with E-state index in [9.17, 15) is 19.5 Å². The topological polar surface area (TPSA) is 108 Å². The van der Waals surface area contributed by atoms with Gasteiger partial charge < -0.3 is 28.5 Å². The van der Waals surface area contributed by atoms with Crippen molar-refractivity contribution in [2.75, 3.05) is 47.5 Å². The van der Waals surface area contributed by atoms with Crippen LogP contribution in [-0.2, 0) is 33.3 Å². The van der Waals surface area contributed by atoms with Gasteiger partial charge in [-0.15, -0.1) is 0 Å². The molecule has 638 valence electrons. The first-order valence-electron chi connectivity index (χ1n) is 49.2. The van der Waals surface area contributed by atoms with Crippen molar-refractivity contribution in [1.29, 1.82) is 0 Å². The molecule has 0 spiro atoms. The number of likely N-dealkylation sites (N-methyl/N-ethyl adjacent to an activating group) is 1. The molecule has 0 heterocycles. The second kappa shape index (κ2) is 89.8. The molecule has 0 rings (SSSR count). The fraction of sp³-hybridized carbons (Fsp3) is 0.969. The van der Waals surface area contributed by atoms with Gasteiger partial charge in [0.25, 0.3) is 6.29 Å². The van der Waals surface area contributed by atoms with E-state index in [0.717, 1.165) is 38.5 Å². The summed E-state index contributed by atoms with van der Waals surface area (Å²) in [7, 11) is 6.02. The van der Waals surface area contributed by atoms with E-state index in [1.165, 1.54) is 488 Å². The summed E-state index contributed by atoms with van der Waals surface area (Å²) < 4.78 is 23.2. The standard InChI is InChI=1S/C98H193NO8/c1-6-8-10-12-14-16-18-20-22-24-26-28-30-32-34-36-38-40-42-44-46-48-50-52-54-56-58-60-62-64-66-68-70-72-74-76-78-80-82-84-86-88-95(100)105-92-94(93-106-98(97(102)103)104-91-90-99(3,4)5)107-96(101)89-87-85-83-81-79-77-75-73-71-69-67-65-63-61-59-57-55-53-51-49-47-45-43-41-39-37-35-33-31-29-27-25-23-21-19-17-15-13-11-9-7-2/h94,98H,6-93H2,1-5H3/p+1. The summed E-state index contributed by atoms with van der Waals surface area (Å²) in [5.74, 6) is -1.95. The Balaban J connectivity index is 3.82. The minimum absolute atomic E-state index is 0.171. The number of carbonyl (C=O) groups is 3. The zero-order valence-electron chi connectivity index (χ0n) is 73.6. The fourth-order valence-corrected chi connectivity index (χ4v) is 15.9. The van der Waals surface area contributed by atoms with E-state index in [1.807, 2.05) is 21.1 Å². The van der Waals surface area contributed by atoms with Crippen LogP contribution >= 0.6 is 0 Å². The summed E-state index contributed by atoms with van der Waals surface area (Å²) in [5.41, 5.74) is 0. The predicted molar refractivity (Wildman–Crippen MR) is 466 cm³/mol. The van der Waals surface area contributed by atoms with Gasteiger partial charge in [0.2, 0.25) is 0 Å². The Morgan fingerprint density at radius 2 is 0.421 bits per heavy atom. The van der Waals surface area contributed by atoms with E-state index < -0.39 is 18.4 Å². The number of nitrogens with zero attached hydrogens (tertiary/aromatic N) is 1. The zero-order valence-corrected chi connectivity index (χ0v) is 73.6. The number of rotatable bonds is 95. The minimum Gasteiger partial charge on any atom is -0.477 e. The van der Waals surface area contributed by atoms with E-state index in [4.69, 9.17) is 18.9 Å². The van der Waals surface area contributed by atoms with Crippen molar-refractivity contribution in [2.45, 2.75) is 566 Å². The first-order chi connectivity index (χ1) is 52.6. The molecule has 0 amide bonds. The van der Waals surface area contributed by atoms with Gasteiger partial charge in [0.1, 0.15) is 13.2 Å². The van der Waals surface area contributed by atoms with Crippen LogP contribution in [0.1, 0.15) is 553 Å². The molecular weight excluding hydrogens is 1320 g/mol. The normalized spacial score (nSPS) is 12.4. The highest BCUT2D eigenvalue weighted by Crippen LogP contribution is 2.23. The highest BCUT2D eigenvalue weighted by molar-refractivity contribution is 5.71. The highest BCUT2D eigenvalue weighted by atomic mass is 16.7. The Hall–Kier alpha value is -1.71. The molecule has 0 fully saturated rings. The summed E-state index contributed by atoms with van der Waals surface area (Å²) in [6, 6.07) is 0. The first kappa shape index (κ1) is 105. The molecule has 0 aromatic rings. The molecular formula is C98H194NO8+. The molecule has 0 aromatic carbocycles. The molecule has 2 atom stereocenters. The van der Waals surface area contributed by atoms with Crippen LogP contribution in [0.25, 0.3) is 0 Å². The predicted octanol–water partition coefficient (Wildman–Crippen LogP) is 32.4. The number of quaternary nitrogens is 1. The van der Waals surface area contributed by atoms with Crippen molar-refractivity contribution in [3.05, 3.63) is 0 Å². The van der Waals surface area contributed by atoms with Crippen LogP contribution in [0.2, 0.25) is 0 Å². The zero-order chi connectivity index (χ0) is 77.4. The van der Waals surface area contributed by atoms with Gasteiger partial charge in [0, 0.05) is 12.8 Å². The van der Waals surface area contributed by atoms with E-state index in [1.54, 1.807) is 0 Å². The van der Waals surface area contributed by atoms with Crippen LogP contribution in [0.15, 0.2) is 0 Å². The Kier molecular flexibility index (Phi) is 88.4. The summed E-state index contributed by atoms with van der Waals surface area (Å²) in [5, 5.41) is 9.81. The van der Waals surface area contributed by atoms with E-state index in [-0.39, 0.29) is 38.2 Å². The lowest BCUT2D eigenvalue weighted by Crippen LogP contribution is -2.40. The SMILES string of the molecule is CCCCCCCCCCCCCCCCCCCCCCCCCCCCCCCCCCCCCCCCCCCC(=O)OCC(COC(OCC[N+](C)(C)C)C(=O)O)OC(=O)CCCCCCCCCCCCCCCCCCCCCCCCCCCCCCCCCCCCCCCCCCC. The van der Waals surface area contributed by atoms with Crippen molar-refractivity contribution in [2.24, 2.45) is 0 Å². The molecule has 2 unspecified atom stereocenters. The van der Waals surface area contributed by atoms with Crippen LogP contribution < -0.4 is 0 Å². The van der Waals surface area contributed by atoms with Crippen LogP contribution in [0.3, 0.4) is 0 Å². The highest BCUT2D eigenvalue weighted by Gasteiger charge is 2.25. The van der Waals surface area contributed by atoms with Crippen molar-refractivity contribution in [1.82, 2.24) is 0 Å². The number of unbranched alkanes of at least 4 members (excludes halogenated alkanes) is 80. The lowest BCUT2D eigenvalue weighted by atomic mass is 10.0. The van der Waals surface area contributed by atoms with Crippen LogP contribution in [0.5, 0.6) is 0 Å². The second-order valence-corrected chi connectivity index (χ2v) is 35.5. The molecule has 0 aromatic heterocycles. The van der Waals surface area contributed by atoms with Gasteiger partial charge >= 0.3 is 17.9 Å². The maximum absolute atomic E-state index is 13.0. The Morgan fingerprint density at radius 3 is 0.598 bits per heavy atom. The molecule has 9 nitrogen and oxygen atoms in total. The lowest BCUT2D eigenvalue weighted by Gasteiger charge is -2.25. The Morgan fingerprint density at radius 1 is 0.243 bits per heavy atom. The molecule has 107 heavy (non-hydrogen) atoms. The largest absolute Gasteiger partial charge is 0.477 e. The summed E-state index contributed by atoms with van der Waals surface area (Å²) >= 11 is 0. The molecule has 0 aliphatic heterocycles. The number of carboxylic acids is 1. The average Bonchev–Trinajstić information content (AvgIpc) is 0.928. The average molecular weight is 1510 g/mol. The molecule has 0 aliphatic carbocycles. The number of ether oxygens (including phenoxy) is 4. The second-order valence-electron chi connectivity index (χ2n) is 35.5. The molecule has 0 saturated heterocycles. The minimum atomic E-state index is -1.51. The molecule has 1 N–H and O–H groups in total. The van der Waals surface area contributed by atoms with Gasteiger partial charge in [0.05, 0.1) is 34.4 Å². The van der Waals surface area contributed by atoms with Crippen LogP contribution in [0.4, 0.5) is 0 Å². The summed E-state index contributed by atoms with van der Waals surface area (Å²) in [6.45, 7) is 5.00. The number of aliphatic carboxylic acids is 1. The molecule has 9 heteroatoms. The van der Waals surface area contributed by atoms with Crippen LogP contribution in [0, 0.1) is 0 Å². The third-order valence-corrected chi connectivity index (χ3v) is 23.4. The van der Waals surface area contributed by atoms with Gasteiger partial charge in [-0.2, -0.15) is 0 Å². The maximum atomic E-state index is 13.0. The van der Waals surface area contributed by atoms with Gasteiger partial charge in [-0.05, 0) is 12.8 Å². The number of esters is 2. The Labute approximate surface area is 670 Å². The number of hydrogen-bond acceptors (Lipinski definition) is 7. The smallest absolute Gasteiger partial charge is 0.361 e. The van der Waals surface area contributed by atoms with E-state index in [0.29, 0.717) is 17.4 Å². The number of carboxylic acid groups (broad SMARTS) is 1. The van der Waals surface area contributed by atoms with Crippen molar-refractivity contribution >= 4 is 17.9 Å². The summed E-state index contributed by atoms with van der Waals surface area (Å²) in [6.07, 6.45) is 112. The van der Waals surface area contributed by atoms with Gasteiger partial charge in [-0.3, -0.25) is 9.59 Å². The van der Waals surface area contributed by atoms with E-state index >= 15 is 0 Å². The fourth-order valence-electron chi connectivity index (χ4n) is 15.9. The van der Waals surface area contributed by atoms with E-state index in [2.05, 4.69) is 13.8 Å². The summed E-state index contributed by atoms with van der Waals surface area (Å²) in [4.78, 5) is 37.9. The third-order valence-electron chi connectivity index (χ3n) is 23.4. The number of hydrogen-bond donors (Lipinski definition) is 1. The third kappa shape index (κ3) is 91.4. The maximum Gasteiger partial charge on any atom is 0.361 e. The molecule has 0 aliphatic rings. The van der Waals surface area contributed by atoms with Gasteiger partial charge in [0.15, 0.2) is 6.10 Å². The monoisotopic (exact) mass is 1510 g/mol. The van der Waals surface area contributed by atoms with Gasteiger partial charge in [-0.1, -0.05) is 528 Å². The van der Waals surface area contributed by atoms with Gasteiger partial charge in [-0.25, -0.2) is 4.79 Å². The number of carbonyl (C=O) groups excluding carboxylic acids is 2. The molecule has 0 bridgehead atoms. The molecule has 0 saturated carbocycles. The Bertz CT molecular complexity index is 1720. The quantitative estimate of drug-likeness (QED) is 0.0278.